The first-order chi connectivity index (χ1) is 14.2. The Labute approximate surface area is 202 Å². The van der Waals surface area contributed by atoms with E-state index >= 15 is 0 Å². The first-order valence-corrected chi connectivity index (χ1v) is 11.0. The minimum atomic E-state index is -0.776. The van der Waals surface area contributed by atoms with Crippen LogP contribution in [-0.2, 0) is 33.4 Å². The summed E-state index contributed by atoms with van der Waals surface area (Å²) in [7, 11) is 0. The second-order valence-electron chi connectivity index (χ2n) is 6.87. The van der Waals surface area contributed by atoms with Crippen molar-refractivity contribution < 1.29 is 43.6 Å². The molecule has 0 saturated heterocycles. The molecule has 184 valence electrons. The van der Waals surface area contributed by atoms with Crippen molar-refractivity contribution in [3.8, 4) is 0 Å². The highest BCUT2D eigenvalue weighted by molar-refractivity contribution is 6.29. The van der Waals surface area contributed by atoms with Gasteiger partial charge < -0.3 is 24.4 Å². The van der Waals surface area contributed by atoms with Crippen molar-refractivity contribution in [1.82, 2.24) is 0 Å². The summed E-state index contributed by atoms with van der Waals surface area (Å²) in [5.41, 5.74) is -1.40. The van der Waals surface area contributed by atoms with Gasteiger partial charge in [-0.2, -0.15) is 0 Å². The summed E-state index contributed by atoms with van der Waals surface area (Å²) in [6.07, 6.45) is 0.852. The lowest BCUT2D eigenvalue weighted by atomic mass is 10.1. The van der Waals surface area contributed by atoms with E-state index in [1.807, 2.05) is 0 Å². The molecule has 0 aliphatic carbocycles. The number of aliphatic hydroxyl groups excluding tert-OH is 1. The molecular formula is C18H30Cl4O9. The van der Waals surface area contributed by atoms with Crippen LogP contribution in [0.2, 0.25) is 0 Å². The van der Waals surface area contributed by atoms with E-state index in [0.29, 0.717) is 12.8 Å². The third-order valence-corrected chi connectivity index (χ3v) is 3.62. The van der Waals surface area contributed by atoms with E-state index in [4.69, 9.17) is 66.1 Å². The number of carbonyl (C=O) groups is 4. The molecule has 0 unspecified atom stereocenters. The Balaban J connectivity index is -0.000000417. The smallest absolute Gasteiger partial charge is 0.328 e. The van der Waals surface area contributed by atoms with Crippen LogP contribution < -0.4 is 0 Å². The molecule has 0 spiro atoms. The van der Waals surface area contributed by atoms with Gasteiger partial charge in [-0.1, -0.05) is 0 Å². The maximum atomic E-state index is 10.9. The van der Waals surface area contributed by atoms with Gasteiger partial charge in [0.25, 0.3) is 0 Å². The van der Waals surface area contributed by atoms with Crippen molar-refractivity contribution in [2.75, 3.05) is 36.7 Å². The third-order valence-electron chi connectivity index (χ3n) is 2.75. The van der Waals surface area contributed by atoms with Gasteiger partial charge in [0.2, 0.25) is 0 Å². The maximum Gasteiger partial charge on any atom is 0.328 e. The number of halogens is 4. The topological polar surface area (TPSA) is 136 Å². The molecule has 13 heteroatoms. The lowest BCUT2D eigenvalue weighted by molar-refractivity contribution is -0.157. The van der Waals surface area contributed by atoms with Crippen LogP contribution in [0.25, 0.3) is 0 Å². The molecule has 0 saturated carbocycles. The summed E-state index contributed by atoms with van der Waals surface area (Å²) < 4.78 is 13.8. The van der Waals surface area contributed by atoms with Gasteiger partial charge in [-0.05, 0) is 34.1 Å². The molecule has 0 radical (unpaired) electrons. The summed E-state index contributed by atoms with van der Waals surface area (Å²) in [4.78, 5) is 41.9. The summed E-state index contributed by atoms with van der Waals surface area (Å²) in [5.74, 6) is -3.57. The molecule has 0 bridgehead atoms. The Morgan fingerprint density at radius 3 is 1.45 bits per heavy atom. The predicted octanol–water partition coefficient (Wildman–Crippen LogP) is 2.39. The highest BCUT2D eigenvalue weighted by atomic mass is 35.5. The molecule has 0 amide bonds. The molecule has 0 aromatic heterocycles. The number of aliphatic hydroxyl groups is 2. The standard InChI is InChI=1S/C9H14Cl2O4.C5H12O2.C4H4Cl2O3/c1-9(2,15-8(13)6-11)3-4-14-7(12)5-10;1-5(2,7)3-4-6;5-1-3(7)9-4(8)2-6/h3-6H2,1-2H3;6-7H,3-4H2,1-2H3;1-2H2. The molecule has 0 fully saturated rings. The number of alkyl halides is 4. The number of carbonyl (C=O) groups excluding carboxylic acids is 4. The molecule has 0 heterocycles. The summed E-state index contributed by atoms with van der Waals surface area (Å²) in [6, 6.07) is 0. The summed E-state index contributed by atoms with van der Waals surface area (Å²) in [6.45, 7) is 6.99. The second kappa shape index (κ2) is 19.8. The zero-order chi connectivity index (χ0) is 25.1. The molecule has 0 aromatic carbocycles. The molecule has 31 heavy (non-hydrogen) atoms. The number of esters is 4. The van der Waals surface area contributed by atoms with E-state index in [0.717, 1.165) is 0 Å². The van der Waals surface area contributed by atoms with E-state index < -0.39 is 35.1 Å². The van der Waals surface area contributed by atoms with Crippen LogP contribution in [-0.4, -0.2) is 82.0 Å². The van der Waals surface area contributed by atoms with Crippen LogP contribution in [0.4, 0.5) is 0 Å². The van der Waals surface area contributed by atoms with Crippen molar-refractivity contribution in [3.05, 3.63) is 0 Å². The van der Waals surface area contributed by atoms with Crippen molar-refractivity contribution in [2.45, 2.75) is 51.7 Å². The minimum absolute atomic E-state index is 0.0590. The van der Waals surface area contributed by atoms with Crippen molar-refractivity contribution in [2.24, 2.45) is 0 Å². The average molecular weight is 532 g/mol. The Bertz CT molecular complexity index is 521. The van der Waals surface area contributed by atoms with Crippen LogP contribution in [0.3, 0.4) is 0 Å². The Morgan fingerprint density at radius 1 is 0.742 bits per heavy atom. The zero-order valence-electron chi connectivity index (χ0n) is 17.9. The molecule has 9 nitrogen and oxygen atoms in total. The summed E-state index contributed by atoms with van der Waals surface area (Å²) >= 11 is 20.5. The van der Waals surface area contributed by atoms with Gasteiger partial charge in [0.1, 0.15) is 29.1 Å². The molecule has 0 rings (SSSR count). The van der Waals surface area contributed by atoms with Crippen LogP contribution >= 0.6 is 46.4 Å². The van der Waals surface area contributed by atoms with Gasteiger partial charge in [-0.3, -0.25) is 19.2 Å². The molecule has 0 aromatic rings. The first-order valence-electron chi connectivity index (χ1n) is 8.86. The maximum absolute atomic E-state index is 10.9. The fraction of sp³-hybridized carbons (Fsp3) is 0.778. The van der Waals surface area contributed by atoms with E-state index in [1.54, 1.807) is 27.7 Å². The molecule has 2 N–H and O–H groups in total. The van der Waals surface area contributed by atoms with Gasteiger partial charge in [-0.25, -0.2) is 0 Å². The number of ether oxygens (including phenoxy) is 3. The normalized spacial score (nSPS) is 10.5. The van der Waals surface area contributed by atoms with Crippen molar-refractivity contribution >= 4 is 70.3 Å². The van der Waals surface area contributed by atoms with Crippen LogP contribution in [0, 0.1) is 0 Å². The minimum Gasteiger partial charge on any atom is -0.465 e. The number of hydrogen-bond acceptors (Lipinski definition) is 9. The third kappa shape index (κ3) is 29.2. The van der Waals surface area contributed by atoms with E-state index in [2.05, 4.69) is 4.74 Å². The zero-order valence-corrected chi connectivity index (χ0v) is 20.9. The van der Waals surface area contributed by atoms with E-state index in [1.165, 1.54) is 0 Å². The highest BCUT2D eigenvalue weighted by Gasteiger charge is 2.22. The lowest BCUT2D eigenvalue weighted by Crippen LogP contribution is -2.30. The van der Waals surface area contributed by atoms with Crippen LogP contribution in [0.15, 0.2) is 0 Å². The Kier molecular flexibility index (Phi) is 22.2. The van der Waals surface area contributed by atoms with Crippen LogP contribution in [0.1, 0.15) is 40.5 Å². The molecular weight excluding hydrogens is 502 g/mol. The molecule has 0 aliphatic heterocycles. The van der Waals surface area contributed by atoms with Gasteiger partial charge >= 0.3 is 23.9 Å². The van der Waals surface area contributed by atoms with Crippen molar-refractivity contribution in [1.29, 1.82) is 0 Å². The second-order valence-corrected chi connectivity index (χ2v) is 7.94. The predicted molar refractivity (Wildman–Crippen MR) is 118 cm³/mol. The Morgan fingerprint density at radius 2 is 1.16 bits per heavy atom. The fourth-order valence-corrected chi connectivity index (χ4v) is 1.53. The quantitative estimate of drug-likeness (QED) is 0.188. The molecule has 0 atom stereocenters. The lowest BCUT2D eigenvalue weighted by Gasteiger charge is -2.24. The number of rotatable bonds is 10. The van der Waals surface area contributed by atoms with Gasteiger partial charge in [-0.15, -0.1) is 46.4 Å². The van der Waals surface area contributed by atoms with Crippen LogP contribution in [0.5, 0.6) is 0 Å². The van der Waals surface area contributed by atoms with Crippen molar-refractivity contribution in [3.63, 3.8) is 0 Å². The highest BCUT2D eigenvalue weighted by Crippen LogP contribution is 2.15. The van der Waals surface area contributed by atoms with E-state index in [-0.39, 0.29) is 36.7 Å². The van der Waals surface area contributed by atoms with Gasteiger partial charge in [0.05, 0.1) is 12.2 Å². The summed E-state index contributed by atoms with van der Waals surface area (Å²) in [5, 5.41) is 17.1. The first kappa shape index (κ1) is 34.8. The number of hydrogen-bond donors (Lipinski definition) is 2. The van der Waals surface area contributed by atoms with E-state index in [9.17, 15) is 19.2 Å². The van der Waals surface area contributed by atoms with Gasteiger partial charge in [0, 0.05) is 13.0 Å². The SMILES string of the molecule is CC(C)(CCOC(=O)CCl)OC(=O)CCl.CC(C)(O)CCO.O=C(CCl)OC(=O)CCl. The fourth-order valence-electron chi connectivity index (χ4n) is 1.29. The Hall–Kier alpha value is -0.840. The average Bonchev–Trinajstić information content (AvgIpc) is 2.66. The van der Waals surface area contributed by atoms with Gasteiger partial charge in [0.15, 0.2) is 0 Å². The molecule has 0 aliphatic rings. The monoisotopic (exact) mass is 530 g/mol. The largest absolute Gasteiger partial charge is 0.465 e.